The molecular weight excluding hydrogens is 362 g/mol. The maximum absolute atomic E-state index is 12.5. The Hall–Kier alpha value is -1.15. The van der Waals surface area contributed by atoms with Crippen LogP contribution in [-0.2, 0) is 10.0 Å². The second-order valence-corrected chi connectivity index (χ2v) is 9.17. The normalized spacial score (nSPS) is 12.2. The fourth-order valence-electron chi connectivity index (χ4n) is 2.21. The van der Waals surface area contributed by atoms with Gasteiger partial charge in [-0.05, 0) is 50.1 Å². The van der Waals surface area contributed by atoms with Gasteiger partial charge in [-0.3, -0.25) is 4.79 Å². The molecular formula is C17H30ClN3O3S. The van der Waals surface area contributed by atoms with Crippen molar-refractivity contribution in [2.45, 2.75) is 38.6 Å². The van der Waals surface area contributed by atoms with Crippen molar-refractivity contribution in [1.82, 2.24) is 9.21 Å². The number of benzene rings is 1. The lowest BCUT2D eigenvalue weighted by Gasteiger charge is -2.29. The third-order valence-electron chi connectivity index (χ3n) is 4.07. The highest BCUT2D eigenvalue weighted by atomic mass is 35.5. The van der Waals surface area contributed by atoms with Crippen molar-refractivity contribution in [2.24, 2.45) is 11.1 Å². The van der Waals surface area contributed by atoms with E-state index in [0.717, 1.165) is 0 Å². The van der Waals surface area contributed by atoms with Crippen LogP contribution in [0, 0.1) is 5.41 Å². The van der Waals surface area contributed by atoms with Crippen LogP contribution in [0.4, 0.5) is 0 Å². The number of hydrogen-bond donors (Lipinski definition) is 1. The van der Waals surface area contributed by atoms with Crippen LogP contribution in [0.2, 0.25) is 0 Å². The van der Waals surface area contributed by atoms with Crippen molar-refractivity contribution >= 4 is 28.3 Å². The summed E-state index contributed by atoms with van der Waals surface area (Å²) in [6.45, 7) is 8.61. The summed E-state index contributed by atoms with van der Waals surface area (Å²) in [5, 5.41) is 0. The molecule has 8 heteroatoms. The second-order valence-electron chi connectivity index (χ2n) is 7.17. The standard InChI is InChI=1S/C17H29N3O3S.ClH/c1-13(2)20(6)24(22,23)15-9-7-14(8-10-15)16(21)19(5)12-17(3,4)11-18;/h7-10,13H,11-12,18H2,1-6H3;1H. The second kappa shape index (κ2) is 8.98. The van der Waals surface area contributed by atoms with Crippen molar-refractivity contribution in [1.29, 1.82) is 0 Å². The Morgan fingerprint density at radius 3 is 2.04 bits per heavy atom. The van der Waals surface area contributed by atoms with Gasteiger partial charge in [0.2, 0.25) is 10.0 Å². The van der Waals surface area contributed by atoms with Gasteiger partial charge in [0.25, 0.3) is 5.91 Å². The zero-order valence-electron chi connectivity index (χ0n) is 15.8. The van der Waals surface area contributed by atoms with Crippen molar-refractivity contribution in [3.8, 4) is 0 Å². The van der Waals surface area contributed by atoms with E-state index in [-0.39, 0.29) is 34.7 Å². The molecule has 1 aromatic rings. The minimum Gasteiger partial charge on any atom is -0.341 e. The molecule has 25 heavy (non-hydrogen) atoms. The van der Waals surface area contributed by atoms with E-state index in [4.69, 9.17) is 5.73 Å². The lowest BCUT2D eigenvalue weighted by molar-refractivity contribution is 0.0740. The summed E-state index contributed by atoms with van der Waals surface area (Å²) in [6, 6.07) is 5.91. The fourth-order valence-corrected chi connectivity index (χ4v) is 3.58. The van der Waals surface area contributed by atoms with Crippen molar-refractivity contribution < 1.29 is 13.2 Å². The molecule has 0 unspecified atom stereocenters. The highest BCUT2D eigenvalue weighted by Gasteiger charge is 2.25. The molecule has 0 heterocycles. The topological polar surface area (TPSA) is 83.7 Å². The molecule has 2 N–H and O–H groups in total. The lowest BCUT2D eigenvalue weighted by atomic mass is 9.93. The van der Waals surface area contributed by atoms with E-state index in [2.05, 4.69) is 0 Å². The van der Waals surface area contributed by atoms with Gasteiger partial charge < -0.3 is 10.6 Å². The minimum absolute atomic E-state index is 0. The molecule has 0 aliphatic rings. The summed E-state index contributed by atoms with van der Waals surface area (Å²) in [5.74, 6) is -0.155. The predicted molar refractivity (Wildman–Crippen MR) is 104 cm³/mol. The molecule has 0 saturated carbocycles. The molecule has 0 radical (unpaired) electrons. The Bertz CT molecular complexity index is 673. The first kappa shape index (κ1) is 23.9. The monoisotopic (exact) mass is 391 g/mol. The lowest BCUT2D eigenvalue weighted by Crippen LogP contribution is -2.39. The molecule has 1 amide bonds. The number of sulfonamides is 1. The summed E-state index contributed by atoms with van der Waals surface area (Å²) in [7, 11) is -0.279. The number of carbonyl (C=O) groups is 1. The quantitative estimate of drug-likeness (QED) is 0.772. The summed E-state index contributed by atoms with van der Waals surface area (Å²) < 4.78 is 26.2. The predicted octanol–water partition coefficient (Wildman–Crippen LogP) is 2.19. The SMILES string of the molecule is CC(C)N(C)S(=O)(=O)c1ccc(C(=O)N(C)CC(C)(C)CN)cc1.Cl. The first-order valence-electron chi connectivity index (χ1n) is 7.96. The molecule has 0 aliphatic carbocycles. The van der Waals surface area contributed by atoms with E-state index in [0.29, 0.717) is 18.7 Å². The third-order valence-corrected chi connectivity index (χ3v) is 6.12. The fraction of sp³-hybridized carbons (Fsp3) is 0.588. The maximum Gasteiger partial charge on any atom is 0.253 e. The van der Waals surface area contributed by atoms with Crippen molar-refractivity contribution in [3.05, 3.63) is 29.8 Å². The van der Waals surface area contributed by atoms with E-state index < -0.39 is 10.0 Å². The highest BCUT2D eigenvalue weighted by Crippen LogP contribution is 2.19. The molecule has 144 valence electrons. The van der Waals surface area contributed by atoms with Crippen LogP contribution < -0.4 is 5.73 Å². The Morgan fingerprint density at radius 2 is 1.64 bits per heavy atom. The number of rotatable bonds is 7. The van der Waals surface area contributed by atoms with E-state index in [1.807, 2.05) is 27.7 Å². The smallest absolute Gasteiger partial charge is 0.253 e. The summed E-state index contributed by atoms with van der Waals surface area (Å²) in [5.41, 5.74) is 5.99. The third kappa shape index (κ3) is 5.95. The zero-order valence-corrected chi connectivity index (χ0v) is 17.4. The summed E-state index contributed by atoms with van der Waals surface area (Å²) >= 11 is 0. The Morgan fingerprint density at radius 1 is 1.16 bits per heavy atom. The van der Waals surface area contributed by atoms with Gasteiger partial charge in [0.15, 0.2) is 0 Å². The number of halogens is 1. The summed E-state index contributed by atoms with van der Waals surface area (Å²) in [6.07, 6.45) is 0. The number of amides is 1. The molecule has 0 saturated heterocycles. The molecule has 0 fully saturated rings. The van der Waals surface area contributed by atoms with Gasteiger partial charge >= 0.3 is 0 Å². The van der Waals surface area contributed by atoms with E-state index >= 15 is 0 Å². The first-order valence-corrected chi connectivity index (χ1v) is 9.40. The van der Waals surface area contributed by atoms with Crippen LogP contribution >= 0.6 is 12.4 Å². The van der Waals surface area contributed by atoms with Gasteiger partial charge in [0.1, 0.15) is 0 Å². The first-order chi connectivity index (χ1) is 10.9. The number of carbonyl (C=O) groups excluding carboxylic acids is 1. The summed E-state index contributed by atoms with van der Waals surface area (Å²) in [4.78, 5) is 14.3. The Kier molecular flexibility index (Phi) is 8.57. The van der Waals surface area contributed by atoms with Gasteiger partial charge in [-0.25, -0.2) is 8.42 Å². The van der Waals surface area contributed by atoms with Crippen LogP contribution in [0.3, 0.4) is 0 Å². The molecule has 1 aromatic carbocycles. The maximum atomic E-state index is 12.5. The molecule has 0 aromatic heterocycles. The van der Waals surface area contributed by atoms with Crippen LogP contribution in [-0.4, -0.2) is 56.8 Å². The number of hydrogen-bond acceptors (Lipinski definition) is 4. The van der Waals surface area contributed by atoms with E-state index in [9.17, 15) is 13.2 Å². The molecule has 6 nitrogen and oxygen atoms in total. The average Bonchev–Trinajstić information content (AvgIpc) is 2.52. The van der Waals surface area contributed by atoms with Gasteiger partial charge in [-0.15, -0.1) is 12.4 Å². The zero-order chi connectivity index (χ0) is 18.7. The van der Waals surface area contributed by atoms with Gasteiger partial charge in [-0.2, -0.15) is 4.31 Å². The number of nitrogens with zero attached hydrogens (tertiary/aromatic N) is 2. The van der Waals surface area contributed by atoms with Crippen LogP contribution in [0.15, 0.2) is 29.2 Å². The van der Waals surface area contributed by atoms with Crippen molar-refractivity contribution in [3.63, 3.8) is 0 Å². The number of nitrogens with two attached hydrogens (primary N) is 1. The Labute approximate surface area is 157 Å². The molecule has 1 rings (SSSR count). The molecule has 0 aliphatic heterocycles. The molecule has 0 atom stereocenters. The van der Waals surface area contributed by atoms with Crippen LogP contribution in [0.5, 0.6) is 0 Å². The van der Waals surface area contributed by atoms with E-state index in [1.54, 1.807) is 31.1 Å². The van der Waals surface area contributed by atoms with Gasteiger partial charge in [0.05, 0.1) is 4.90 Å². The van der Waals surface area contributed by atoms with E-state index in [1.165, 1.54) is 16.4 Å². The molecule has 0 spiro atoms. The van der Waals surface area contributed by atoms with Crippen LogP contribution in [0.25, 0.3) is 0 Å². The average molecular weight is 392 g/mol. The van der Waals surface area contributed by atoms with Gasteiger partial charge in [0, 0.05) is 32.2 Å². The largest absolute Gasteiger partial charge is 0.341 e. The minimum atomic E-state index is -3.54. The Balaban J connectivity index is 0.00000576. The highest BCUT2D eigenvalue weighted by molar-refractivity contribution is 7.89. The molecule has 0 bridgehead atoms. The van der Waals surface area contributed by atoms with Gasteiger partial charge in [-0.1, -0.05) is 13.8 Å². The van der Waals surface area contributed by atoms with Crippen molar-refractivity contribution in [2.75, 3.05) is 27.2 Å². The van der Waals surface area contributed by atoms with Crippen LogP contribution in [0.1, 0.15) is 38.1 Å².